The second-order valence-electron chi connectivity index (χ2n) is 5.25. The van der Waals surface area contributed by atoms with Crippen molar-refractivity contribution in [2.45, 2.75) is 19.8 Å². The molecule has 0 aliphatic heterocycles. The smallest absolute Gasteiger partial charge is 0.155 e. The Morgan fingerprint density at radius 3 is 2.48 bits per heavy atom. The van der Waals surface area contributed by atoms with Crippen LogP contribution in [0.2, 0.25) is 0 Å². The van der Waals surface area contributed by atoms with Gasteiger partial charge in [0.1, 0.15) is 0 Å². The number of allylic oxidation sites excluding steroid dienone is 5. The van der Waals surface area contributed by atoms with Gasteiger partial charge in [0.05, 0.1) is 11.4 Å². The third-order valence-corrected chi connectivity index (χ3v) is 3.47. The van der Waals surface area contributed by atoms with Crippen LogP contribution in [0.3, 0.4) is 0 Å². The fourth-order valence-corrected chi connectivity index (χ4v) is 2.35. The molecule has 0 saturated carbocycles. The maximum Gasteiger partial charge on any atom is 0.155 e. The van der Waals surface area contributed by atoms with E-state index in [2.05, 4.69) is 53.0 Å². The Morgan fingerprint density at radius 2 is 1.81 bits per heavy atom. The summed E-state index contributed by atoms with van der Waals surface area (Å²) >= 11 is 0. The Balaban J connectivity index is 2.13. The van der Waals surface area contributed by atoms with Gasteiger partial charge in [-0.15, -0.1) is 0 Å². The summed E-state index contributed by atoms with van der Waals surface area (Å²) in [7, 11) is 0. The lowest BCUT2D eigenvalue weighted by atomic mass is 10.0. The SMILES string of the molecule is C=C(C)c1nc(C2=CCCC=C2)cc(-c2ccccc2)n1. The van der Waals surface area contributed by atoms with Crippen molar-refractivity contribution in [2.75, 3.05) is 0 Å². The van der Waals surface area contributed by atoms with Crippen LogP contribution in [0.5, 0.6) is 0 Å². The number of nitrogens with zero attached hydrogens (tertiary/aromatic N) is 2. The Labute approximate surface area is 125 Å². The van der Waals surface area contributed by atoms with Crippen LogP contribution >= 0.6 is 0 Å². The molecule has 2 nitrogen and oxygen atoms in total. The van der Waals surface area contributed by atoms with Gasteiger partial charge >= 0.3 is 0 Å². The normalized spacial score (nSPS) is 13.9. The summed E-state index contributed by atoms with van der Waals surface area (Å²) in [5.74, 6) is 0.714. The molecule has 0 saturated heterocycles. The highest BCUT2D eigenvalue weighted by atomic mass is 14.9. The molecule has 3 rings (SSSR count). The molecular weight excluding hydrogens is 256 g/mol. The van der Waals surface area contributed by atoms with E-state index in [0.717, 1.165) is 35.4 Å². The molecule has 0 amide bonds. The molecule has 1 aliphatic rings. The van der Waals surface area contributed by atoms with Gasteiger partial charge in [0.25, 0.3) is 0 Å². The highest BCUT2D eigenvalue weighted by Gasteiger charge is 2.10. The molecule has 0 atom stereocenters. The molecule has 1 aromatic heterocycles. The summed E-state index contributed by atoms with van der Waals surface area (Å²) in [4.78, 5) is 9.29. The van der Waals surface area contributed by atoms with E-state index in [4.69, 9.17) is 0 Å². The lowest BCUT2D eigenvalue weighted by molar-refractivity contribution is 1.03. The van der Waals surface area contributed by atoms with E-state index in [1.54, 1.807) is 0 Å². The lowest BCUT2D eigenvalue weighted by Crippen LogP contribution is -2.00. The van der Waals surface area contributed by atoms with Gasteiger partial charge in [0.2, 0.25) is 0 Å². The average Bonchev–Trinajstić information content (AvgIpc) is 2.56. The standard InChI is InChI=1S/C19H18N2/c1-14(2)19-20-17(15-9-5-3-6-10-15)13-18(21-19)16-11-7-4-8-12-16/h3,5-7,9-13H,1,4,8H2,2H3. The molecule has 21 heavy (non-hydrogen) atoms. The third kappa shape index (κ3) is 3.00. The maximum absolute atomic E-state index is 4.65. The van der Waals surface area contributed by atoms with Crippen LogP contribution in [-0.2, 0) is 0 Å². The van der Waals surface area contributed by atoms with E-state index in [9.17, 15) is 0 Å². The lowest BCUT2D eigenvalue weighted by Gasteiger charge is -2.11. The van der Waals surface area contributed by atoms with Crippen molar-refractivity contribution in [2.24, 2.45) is 0 Å². The van der Waals surface area contributed by atoms with E-state index in [1.165, 1.54) is 5.57 Å². The van der Waals surface area contributed by atoms with Crippen molar-refractivity contribution in [1.29, 1.82) is 0 Å². The highest BCUT2D eigenvalue weighted by molar-refractivity contribution is 5.76. The van der Waals surface area contributed by atoms with E-state index < -0.39 is 0 Å². The van der Waals surface area contributed by atoms with E-state index in [-0.39, 0.29) is 0 Å². The highest BCUT2D eigenvalue weighted by Crippen LogP contribution is 2.25. The van der Waals surface area contributed by atoms with Crippen LogP contribution in [0.4, 0.5) is 0 Å². The molecule has 1 heterocycles. The quantitative estimate of drug-likeness (QED) is 0.794. The number of rotatable bonds is 3. The van der Waals surface area contributed by atoms with Crippen molar-refractivity contribution in [3.05, 3.63) is 72.7 Å². The van der Waals surface area contributed by atoms with Crippen LogP contribution in [0, 0.1) is 0 Å². The zero-order valence-corrected chi connectivity index (χ0v) is 12.2. The molecule has 2 aromatic rings. The monoisotopic (exact) mass is 274 g/mol. The Hall–Kier alpha value is -2.48. The first-order chi connectivity index (χ1) is 10.2. The van der Waals surface area contributed by atoms with Crippen molar-refractivity contribution >= 4 is 11.1 Å². The first-order valence-corrected chi connectivity index (χ1v) is 7.21. The molecule has 0 radical (unpaired) electrons. The van der Waals surface area contributed by atoms with Crippen molar-refractivity contribution in [1.82, 2.24) is 9.97 Å². The third-order valence-electron chi connectivity index (χ3n) is 3.47. The zero-order valence-electron chi connectivity index (χ0n) is 12.2. The number of aromatic nitrogens is 2. The van der Waals surface area contributed by atoms with E-state index >= 15 is 0 Å². The van der Waals surface area contributed by atoms with Gasteiger partial charge in [-0.05, 0) is 37.0 Å². The predicted molar refractivity (Wildman–Crippen MR) is 88.5 cm³/mol. The van der Waals surface area contributed by atoms with E-state index in [1.807, 2.05) is 25.1 Å². The largest absolute Gasteiger partial charge is 0.228 e. The van der Waals surface area contributed by atoms with Gasteiger partial charge in [-0.2, -0.15) is 0 Å². The van der Waals surface area contributed by atoms with Crippen molar-refractivity contribution < 1.29 is 0 Å². The molecule has 2 heteroatoms. The maximum atomic E-state index is 4.65. The number of hydrogen-bond acceptors (Lipinski definition) is 2. The van der Waals surface area contributed by atoms with Crippen molar-refractivity contribution in [3.63, 3.8) is 0 Å². The average molecular weight is 274 g/mol. The fourth-order valence-electron chi connectivity index (χ4n) is 2.35. The summed E-state index contributed by atoms with van der Waals surface area (Å²) in [6.07, 6.45) is 8.74. The van der Waals surface area contributed by atoms with Gasteiger partial charge in [0, 0.05) is 5.56 Å². The van der Waals surface area contributed by atoms with Gasteiger partial charge in [-0.1, -0.05) is 55.1 Å². The fraction of sp³-hybridized carbons (Fsp3) is 0.158. The first kappa shape index (κ1) is 13.5. The molecule has 0 bridgehead atoms. The Kier molecular flexibility index (Phi) is 3.78. The summed E-state index contributed by atoms with van der Waals surface area (Å²) in [5, 5.41) is 0. The second-order valence-corrected chi connectivity index (χ2v) is 5.25. The summed E-state index contributed by atoms with van der Waals surface area (Å²) in [6, 6.07) is 12.3. The number of benzene rings is 1. The van der Waals surface area contributed by atoms with Crippen LogP contribution in [0.25, 0.3) is 22.4 Å². The predicted octanol–water partition coefficient (Wildman–Crippen LogP) is 4.91. The molecular formula is C19H18N2. The van der Waals surface area contributed by atoms with Gasteiger partial charge in [0.15, 0.2) is 5.82 Å². The van der Waals surface area contributed by atoms with E-state index in [0.29, 0.717) is 5.82 Å². The second kappa shape index (κ2) is 5.88. The van der Waals surface area contributed by atoms with Crippen LogP contribution in [0.15, 0.2) is 61.2 Å². The van der Waals surface area contributed by atoms with Gasteiger partial charge < -0.3 is 0 Å². The van der Waals surface area contributed by atoms with Gasteiger partial charge in [-0.3, -0.25) is 0 Å². The minimum atomic E-state index is 0.714. The summed E-state index contributed by atoms with van der Waals surface area (Å²) in [6.45, 7) is 5.93. The number of hydrogen-bond donors (Lipinski definition) is 0. The van der Waals surface area contributed by atoms with Crippen LogP contribution in [-0.4, -0.2) is 9.97 Å². The Morgan fingerprint density at radius 1 is 1.05 bits per heavy atom. The molecule has 0 spiro atoms. The van der Waals surface area contributed by atoms with Gasteiger partial charge in [-0.25, -0.2) is 9.97 Å². The molecule has 0 N–H and O–H groups in total. The molecule has 0 fully saturated rings. The summed E-state index contributed by atoms with van der Waals surface area (Å²) < 4.78 is 0. The molecule has 1 aliphatic carbocycles. The zero-order chi connectivity index (χ0) is 14.7. The Bertz CT molecular complexity index is 724. The summed E-state index contributed by atoms with van der Waals surface area (Å²) in [5.41, 5.74) is 5.07. The first-order valence-electron chi connectivity index (χ1n) is 7.21. The van der Waals surface area contributed by atoms with Crippen molar-refractivity contribution in [3.8, 4) is 11.3 Å². The molecule has 104 valence electrons. The van der Waals surface area contributed by atoms with Crippen LogP contribution < -0.4 is 0 Å². The minimum Gasteiger partial charge on any atom is -0.228 e. The molecule has 0 unspecified atom stereocenters. The minimum absolute atomic E-state index is 0.714. The topological polar surface area (TPSA) is 25.8 Å². The molecule has 1 aromatic carbocycles. The van der Waals surface area contributed by atoms with Crippen LogP contribution in [0.1, 0.15) is 31.3 Å².